The van der Waals surface area contributed by atoms with E-state index in [1.54, 1.807) is 24.2 Å². The molecular weight excluding hydrogens is 190 g/mol. The van der Waals surface area contributed by atoms with Crippen molar-refractivity contribution in [3.05, 3.63) is 12.3 Å². The SMILES string of the molecule is CN(C(=O)CCCCl)c1ccn[nH]1. The van der Waals surface area contributed by atoms with Gasteiger partial charge in [0.15, 0.2) is 0 Å². The molecule has 1 aromatic heterocycles. The average Bonchev–Trinajstić information content (AvgIpc) is 2.65. The summed E-state index contributed by atoms with van der Waals surface area (Å²) >= 11 is 5.48. The molecule has 13 heavy (non-hydrogen) atoms. The molecular formula is C8H12ClN3O. The van der Waals surface area contributed by atoms with Gasteiger partial charge in [-0.05, 0) is 6.42 Å². The first kappa shape index (κ1) is 10.1. The van der Waals surface area contributed by atoms with Crippen molar-refractivity contribution >= 4 is 23.3 Å². The van der Waals surface area contributed by atoms with Crippen LogP contribution in [0.15, 0.2) is 12.3 Å². The number of aromatic amines is 1. The van der Waals surface area contributed by atoms with E-state index in [0.717, 1.165) is 0 Å². The number of nitrogens with zero attached hydrogens (tertiary/aromatic N) is 2. The van der Waals surface area contributed by atoms with Gasteiger partial charge in [-0.25, -0.2) is 0 Å². The molecule has 4 nitrogen and oxygen atoms in total. The molecule has 0 unspecified atom stereocenters. The van der Waals surface area contributed by atoms with Crippen molar-refractivity contribution in [1.82, 2.24) is 10.2 Å². The number of amides is 1. The summed E-state index contributed by atoms with van der Waals surface area (Å²) in [7, 11) is 1.71. The molecule has 1 rings (SSSR count). The Hall–Kier alpha value is -1.03. The molecule has 0 aliphatic carbocycles. The fraction of sp³-hybridized carbons (Fsp3) is 0.500. The van der Waals surface area contributed by atoms with E-state index < -0.39 is 0 Å². The number of carbonyl (C=O) groups excluding carboxylic acids is 1. The summed E-state index contributed by atoms with van der Waals surface area (Å²) in [4.78, 5) is 13.0. The molecule has 0 aromatic carbocycles. The van der Waals surface area contributed by atoms with Gasteiger partial charge in [-0.1, -0.05) is 0 Å². The molecule has 0 fully saturated rings. The Balaban J connectivity index is 2.48. The number of alkyl halides is 1. The summed E-state index contributed by atoms with van der Waals surface area (Å²) in [6, 6.07) is 1.75. The number of nitrogens with one attached hydrogen (secondary N) is 1. The summed E-state index contributed by atoms with van der Waals surface area (Å²) in [6.45, 7) is 0. The van der Waals surface area contributed by atoms with Crippen LogP contribution in [0.2, 0.25) is 0 Å². The Morgan fingerprint density at radius 3 is 3.08 bits per heavy atom. The van der Waals surface area contributed by atoms with E-state index in [1.807, 2.05) is 0 Å². The molecule has 0 atom stereocenters. The van der Waals surface area contributed by atoms with Crippen LogP contribution < -0.4 is 4.90 Å². The van der Waals surface area contributed by atoms with E-state index in [9.17, 15) is 4.79 Å². The summed E-state index contributed by atoms with van der Waals surface area (Å²) in [6.07, 6.45) is 2.79. The highest BCUT2D eigenvalue weighted by Crippen LogP contribution is 2.08. The third kappa shape index (κ3) is 2.73. The standard InChI is InChI=1S/C8H12ClN3O/c1-12(7-4-6-10-11-7)8(13)3-2-5-9/h4,6H,2-3,5H2,1H3,(H,10,11). The topological polar surface area (TPSA) is 49.0 Å². The van der Waals surface area contributed by atoms with Crippen molar-refractivity contribution in [3.63, 3.8) is 0 Å². The molecule has 0 saturated carbocycles. The maximum Gasteiger partial charge on any atom is 0.227 e. The predicted molar refractivity (Wildman–Crippen MR) is 52.0 cm³/mol. The van der Waals surface area contributed by atoms with Crippen LogP contribution in [0.5, 0.6) is 0 Å². The first-order valence-electron chi connectivity index (χ1n) is 4.07. The number of H-pyrrole nitrogens is 1. The van der Waals surface area contributed by atoms with Crippen molar-refractivity contribution in [2.24, 2.45) is 0 Å². The van der Waals surface area contributed by atoms with Crippen molar-refractivity contribution < 1.29 is 4.79 Å². The highest BCUT2D eigenvalue weighted by atomic mass is 35.5. The van der Waals surface area contributed by atoms with Crippen molar-refractivity contribution in [1.29, 1.82) is 0 Å². The van der Waals surface area contributed by atoms with Gasteiger partial charge in [-0.2, -0.15) is 5.10 Å². The fourth-order valence-corrected chi connectivity index (χ4v) is 1.09. The first-order valence-corrected chi connectivity index (χ1v) is 4.61. The number of rotatable bonds is 4. The van der Waals surface area contributed by atoms with Gasteiger partial charge >= 0.3 is 0 Å². The monoisotopic (exact) mass is 201 g/mol. The van der Waals surface area contributed by atoms with E-state index in [4.69, 9.17) is 11.6 Å². The Morgan fingerprint density at radius 1 is 1.77 bits per heavy atom. The summed E-state index contributed by atoms with van der Waals surface area (Å²) < 4.78 is 0. The number of carbonyl (C=O) groups is 1. The molecule has 72 valence electrons. The van der Waals surface area contributed by atoms with Gasteiger partial charge in [0.05, 0.1) is 6.20 Å². The van der Waals surface area contributed by atoms with E-state index in [0.29, 0.717) is 24.5 Å². The van der Waals surface area contributed by atoms with Crippen LogP contribution in [0.1, 0.15) is 12.8 Å². The van der Waals surface area contributed by atoms with Gasteiger partial charge in [-0.3, -0.25) is 9.89 Å². The molecule has 1 aromatic rings. The van der Waals surface area contributed by atoms with Crippen LogP contribution in [-0.4, -0.2) is 29.0 Å². The van der Waals surface area contributed by atoms with Crippen LogP contribution in [0, 0.1) is 0 Å². The Bertz CT molecular complexity index is 260. The molecule has 0 spiro atoms. The minimum Gasteiger partial charge on any atom is -0.300 e. The maximum absolute atomic E-state index is 11.4. The zero-order valence-corrected chi connectivity index (χ0v) is 8.21. The molecule has 0 saturated heterocycles. The second-order valence-corrected chi connectivity index (χ2v) is 3.07. The third-order valence-corrected chi connectivity index (χ3v) is 2.01. The number of hydrogen-bond donors (Lipinski definition) is 1. The zero-order valence-electron chi connectivity index (χ0n) is 7.46. The molecule has 0 aliphatic rings. The van der Waals surface area contributed by atoms with Crippen molar-refractivity contribution in [2.75, 3.05) is 17.8 Å². The summed E-state index contributed by atoms with van der Waals surface area (Å²) in [5.41, 5.74) is 0. The minimum atomic E-state index is 0.0462. The predicted octanol–water partition coefficient (Wildman–Crippen LogP) is 1.39. The van der Waals surface area contributed by atoms with E-state index in [-0.39, 0.29) is 5.91 Å². The lowest BCUT2D eigenvalue weighted by molar-refractivity contribution is -0.118. The highest BCUT2D eigenvalue weighted by Gasteiger charge is 2.10. The normalized spacial score (nSPS) is 10.0. The van der Waals surface area contributed by atoms with Crippen LogP contribution in [0.4, 0.5) is 5.82 Å². The fourth-order valence-electron chi connectivity index (χ4n) is 0.955. The zero-order chi connectivity index (χ0) is 9.68. The van der Waals surface area contributed by atoms with Crippen LogP contribution in [-0.2, 0) is 4.79 Å². The van der Waals surface area contributed by atoms with Gasteiger partial charge in [0, 0.05) is 25.4 Å². The second-order valence-electron chi connectivity index (χ2n) is 2.69. The number of aromatic nitrogens is 2. The molecule has 0 radical (unpaired) electrons. The lowest BCUT2D eigenvalue weighted by Crippen LogP contribution is -2.26. The molecule has 0 aliphatic heterocycles. The lowest BCUT2D eigenvalue weighted by atomic mass is 10.3. The molecule has 0 bridgehead atoms. The van der Waals surface area contributed by atoms with Crippen LogP contribution in [0.3, 0.4) is 0 Å². The molecule has 1 N–H and O–H groups in total. The molecule has 1 amide bonds. The summed E-state index contributed by atoms with van der Waals surface area (Å²) in [5, 5.41) is 6.48. The van der Waals surface area contributed by atoms with Crippen molar-refractivity contribution in [2.45, 2.75) is 12.8 Å². The highest BCUT2D eigenvalue weighted by molar-refractivity contribution is 6.18. The Kier molecular flexibility index (Phi) is 3.76. The first-order chi connectivity index (χ1) is 6.25. The van der Waals surface area contributed by atoms with Crippen LogP contribution in [0.25, 0.3) is 0 Å². The van der Waals surface area contributed by atoms with Gasteiger partial charge in [0.25, 0.3) is 0 Å². The largest absolute Gasteiger partial charge is 0.300 e. The quantitative estimate of drug-likeness (QED) is 0.749. The number of halogens is 1. The van der Waals surface area contributed by atoms with Gasteiger partial charge in [0.2, 0.25) is 5.91 Å². The van der Waals surface area contributed by atoms with Crippen LogP contribution >= 0.6 is 11.6 Å². The van der Waals surface area contributed by atoms with Gasteiger partial charge in [0.1, 0.15) is 5.82 Å². The number of anilines is 1. The number of hydrogen-bond acceptors (Lipinski definition) is 2. The Morgan fingerprint density at radius 2 is 2.54 bits per heavy atom. The van der Waals surface area contributed by atoms with Crippen molar-refractivity contribution in [3.8, 4) is 0 Å². The third-order valence-electron chi connectivity index (χ3n) is 1.75. The van der Waals surface area contributed by atoms with Gasteiger partial charge < -0.3 is 4.90 Å². The minimum absolute atomic E-state index is 0.0462. The second kappa shape index (κ2) is 4.87. The van der Waals surface area contributed by atoms with E-state index in [1.165, 1.54) is 0 Å². The molecule has 5 heteroatoms. The van der Waals surface area contributed by atoms with E-state index in [2.05, 4.69) is 10.2 Å². The van der Waals surface area contributed by atoms with Gasteiger partial charge in [-0.15, -0.1) is 11.6 Å². The average molecular weight is 202 g/mol. The maximum atomic E-state index is 11.4. The lowest BCUT2D eigenvalue weighted by Gasteiger charge is -2.13. The molecule has 1 heterocycles. The Labute approximate surface area is 81.9 Å². The van der Waals surface area contributed by atoms with E-state index >= 15 is 0 Å². The smallest absolute Gasteiger partial charge is 0.227 e. The summed E-state index contributed by atoms with van der Waals surface area (Å²) in [5.74, 6) is 1.27.